The summed E-state index contributed by atoms with van der Waals surface area (Å²) in [5.74, 6) is 1.49. The van der Waals surface area contributed by atoms with E-state index in [2.05, 4.69) is 16.0 Å². The molecule has 4 amide bonds. The second kappa shape index (κ2) is 4.00. The van der Waals surface area contributed by atoms with Gasteiger partial charge in [-0.05, 0) is 37.5 Å². The number of nitrogens with one attached hydrogen (secondary N) is 3. The van der Waals surface area contributed by atoms with Crippen LogP contribution in [0.1, 0.15) is 25.7 Å². The molecule has 4 fully saturated rings. The van der Waals surface area contributed by atoms with Crippen LogP contribution < -0.4 is 16.0 Å². The average Bonchev–Trinajstić information content (AvgIpc) is 3.08. The maximum atomic E-state index is 11.8. The fourth-order valence-corrected chi connectivity index (χ4v) is 3.90. The van der Waals surface area contributed by atoms with Gasteiger partial charge in [-0.3, -0.25) is 4.90 Å². The molecule has 5 atom stereocenters. The van der Waals surface area contributed by atoms with Crippen LogP contribution in [0.5, 0.6) is 0 Å². The van der Waals surface area contributed by atoms with Crippen molar-refractivity contribution < 1.29 is 14.3 Å². The van der Waals surface area contributed by atoms with Crippen molar-refractivity contribution >= 4 is 12.1 Å². The number of fused-ring (bicyclic) bond motifs is 3. The highest BCUT2D eigenvalue weighted by molar-refractivity contribution is 5.84. The van der Waals surface area contributed by atoms with Crippen molar-refractivity contribution in [3.63, 3.8) is 0 Å². The summed E-state index contributed by atoms with van der Waals surface area (Å²) in [6.07, 6.45) is 4.60. The van der Waals surface area contributed by atoms with E-state index in [1.54, 1.807) is 4.90 Å². The predicted molar refractivity (Wildman–Crippen MR) is 64.8 cm³/mol. The Morgan fingerprint density at radius 1 is 1.16 bits per heavy atom. The molecule has 104 valence electrons. The molecule has 2 aliphatic carbocycles. The topological polar surface area (TPSA) is 82.7 Å². The van der Waals surface area contributed by atoms with Crippen molar-refractivity contribution in [1.82, 2.24) is 20.9 Å². The van der Waals surface area contributed by atoms with Crippen LogP contribution in [0.15, 0.2) is 0 Å². The highest BCUT2D eigenvalue weighted by Gasteiger charge is 2.46. The zero-order chi connectivity index (χ0) is 13.0. The van der Waals surface area contributed by atoms with Crippen LogP contribution >= 0.6 is 0 Å². The summed E-state index contributed by atoms with van der Waals surface area (Å²) in [7, 11) is 0. The Bertz CT molecular complexity index is 429. The quantitative estimate of drug-likeness (QED) is 0.679. The van der Waals surface area contributed by atoms with Crippen molar-refractivity contribution in [2.75, 3.05) is 6.73 Å². The van der Waals surface area contributed by atoms with Crippen LogP contribution in [0.25, 0.3) is 0 Å². The van der Waals surface area contributed by atoms with Gasteiger partial charge in [0.1, 0.15) is 19.1 Å². The number of nitrogens with zero attached hydrogens (tertiary/aromatic N) is 1. The highest BCUT2D eigenvalue weighted by Crippen LogP contribution is 2.45. The van der Waals surface area contributed by atoms with Gasteiger partial charge in [0.15, 0.2) is 0 Å². The molecule has 19 heavy (non-hydrogen) atoms. The van der Waals surface area contributed by atoms with E-state index in [0.29, 0.717) is 5.92 Å². The van der Waals surface area contributed by atoms with Gasteiger partial charge in [-0.2, -0.15) is 0 Å². The highest BCUT2D eigenvalue weighted by atomic mass is 16.5. The van der Waals surface area contributed by atoms with Gasteiger partial charge < -0.3 is 20.7 Å². The molecule has 3 N–H and O–H groups in total. The molecular weight excluding hydrogens is 248 g/mol. The molecule has 7 heteroatoms. The zero-order valence-electron chi connectivity index (χ0n) is 10.6. The lowest BCUT2D eigenvalue weighted by molar-refractivity contribution is -0.0378. The van der Waals surface area contributed by atoms with Gasteiger partial charge in [0.2, 0.25) is 0 Å². The van der Waals surface area contributed by atoms with E-state index in [0.717, 1.165) is 12.3 Å². The van der Waals surface area contributed by atoms with Crippen molar-refractivity contribution in [3.05, 3.63) is 0 Å². The van der Waals surface area contributed by atoms with E-state index in [-0.39, 0.29) is 37.2 Å². The molecule has 0 spiro atoms. The molecule has 0 aromatic rings. The predicted octanol–water partition coefficient (Wildman–Crippen LogP) is 0.139. The van der Waals surface area contributed by atoms with Gasteiger partial charge in [0.05, 0.1) is 6.10 Å². The summed E-state index contributed by atoms with van der Waals surface area (Å²) in [6.45, 7) is 0.253. The molecule has 2 saturated heterocycles. The second-order valence-electron chi connectivity index (χ2n) is 5.97. The first kappa shape index (κ1) is 11.3. The fraction of sp³-hybridized carbons (Fsp3) is 0.833. The van der Waals surface area contributed by atoms with Crippen molar-refractivity contribution in [1.29, 1.82) is 0 Å². The van der Waals surface area contributed by atoms with Crippen molar-refractivity contribution in [3.8, 4) is 0 Å². The van der Waals surface area contributed by atoms with Crippen LogP contribution in [0, 0.1) is 11.8 Å². The van der Waals surface area contributed by atoms with E-state index >= 15 is 0 Å². The molecule has 0 aromatic carbocycles. The third kappa shape index (κ3) is 1.75. The summed E-state index contributed by atoms with van der Waals surface area (Å²) < 4.78 is 5.92. The Morgan fingerprint density at radius 2 is 2.05 bits per heavy atom. The lowest BCUT2D eigenvalue weighted by Gasteiger charge is -2.27. The minimum Gasteiger partial charge on any atom is -0.357 e. The molecule has 2 aliphatic heterocycles. The lowest BCUT2D eigenvalue weighted by Crippen LogP contribution is -2.45. The van der Waals surface area contributed by atoms with Gasteiger partial charge in [-0.1, -0.05) is 0 Å². The summed E-state index contributed by atoms with van der Waals surface area (Å²) in [5.41, 5.74) is 0. The van der Waals surface area contributed by atoms with Crippen LogP contribution in [0.2, 0.25) is 0 Å². The lowest BCUT2D eigenvalue weighted by atomic mass is 9.98. The molecule has 4 rings (SSSR count). The Balaban J connectivity index is 1.37. The van der Waals surface area contributed by atoms with Crippen molar-refractivity contribution in [2.24, 2.45) is 11.8 Å². The van der Waals surface area contributed by atoms with Gasteiger partial charge in [0, 0.05) is 0 Å². The first-order valence-electron chi connectivity index (χ1n) is 6.96. The van der Waals surface area contributed by atoms with Crippen LogP contribution in [-0.4, -0.2) is 42.1 Å². The average molecular weight is 266 g/mol. The first-order valence-corrected chi connectivity index (χ1v) is 6.96. The molecule has 5 unspecified atom stereocenters. The molecule has 4 aliphatic rings. The molecule has 2 saturated carbocycles. The van der Waals surface area contributed by atoms with Gasteiger partial charge in [0.25, 0.3) is 0 Å². The number of amides is 4. The van der Waals surface area contributed by atoms with Gasteiger partial charge in [-0.25, -0.2) is 9.59 Å². The number of ether oxygens (including phenoxy) is 1. The molecule has 2 bridgehead atoms. The number of urea groups is 2. The number of carbonyl (C=O) groups is 2. The normalized spacial score (nSPS) is 43.2. The second-order valence-corrected chi connectivity index (χ2v) is 5.97. The molecule has 7 nitrogen and oxygen atoms in total. The zero-order valence-corrected chi connectivity index (χ0v) is 10.6. The van der Waals surface area contributed by atoms with Crippen LogP contribution in [0.4, 0.5) is 9.59 Å². The molecule has 0 radical (unpaired) electrons. The first-order chi connectivity index (χ1) is 9.20. The minimum atomic E-state index is -0.344. The number of hydrogen-bond donors (Lipinski definition) is 3. The van der Waals surface area contributed by atoms with E-state index in [4.69, 9.17) is 4.74 Å². The van der Waals surface area contributed by atoms with E-state index in [1.807, 2.05) is 0 Å². The maximum absolute atomic E-state index is 11.8. The van der Waals surface area contributed by atoms with Crippen LogP contribution in [0.3, 0.4) is 0 Å². The fourth-order valence-electron chi connectivity index (χ4n) is 3.90. The maximum Gasteiger partial charge on any atom is 0.322 e. The van der Waals surface area contributed by atoms with Gasteiger partial charge >= 0.3 is 12.1 Å². The summed E-state index contributed by atoms with van der Waals surface area (Å²) in [6, 6.07) is -0.439. The monoisotopic (exact) mass is 266 g/mol. The molecular formula is C12H18N4O3. The van der Waals surface area contributed by atoms with E-state index in [9.17, 15) is 9.59 Å². The standard InChI is InChI=1S/C12H18N4O3/c17-11-13-9-10(15-11)16(12(18)14-9)5-19-8-4-6-1-2-7(8)3-6/h6-10H,1-5H2,(H,14,18)(H2,13,15,17). The molecule has 2 heterocycles. The Morgan fingerprint density at radius 3 is 2.79 bits per heavy atom. The third-order valence-electron chi connectivity index (χ3n) is 4.86. The number of rotatable bonds is 3. The number of hydrogen-bond acceptors (Lipinski definition) is 3. The van der Waals surface area contributed by atoms with Crippen LogP contribution in [-0.2, 0) is 4.74 Å². The SMILES string of the molecule is O=C1NC2NC(=O)N(COC3CC4CCC3C4)C2N1. The Hall–Kier alpha value is -1.50. The third-order valence-corrected chi connectivity index (χ3v) is 4.86. The summed E-state index contributed by atoms with van der Waals surface area (Å²) in [4.78, 5) is 24.6. The van der Waals surface area contributed by atoms with Crippen molar-refractivity contribution in [2.45, 2.75) is 44.1 Å². The Kier molecular flexibility index (Phi) is 2.38. The Labute approximate surface area is 111 Å². The minimum absolute atomic E-state index is 0.189. The van der Waals surface area contributed by atoms with E-state index < -0.39 is 0 Å². The van der Waals surface area contributed by atoms with E-state index in [1.165, 1.54) is 19.3 Å². The number of carbonyl (C=O) groups excluding carboxylic acids is 2. The summed E-state index contributed by atoms with van der Waals surface area (Å²) in [5, 5.41) is 8.09. The summed E-state index contributed by atoms with van der Waals surface area (Å²) >= 11 is 0. The smallest absolute Gasteiger partial charge is 0.322 e. The molecule has 0 aromatic heterocycles. The van der Waals surface area contributed by atoms with Gasteiger partial charge in [-0.15, -0.1) is 0 Å². The largest absolute Gasteiger partial charge is 0.357 e.